The van der Waals surface area contributed by atoms with Gasteiger partial charge >= 0.3 is 0 Å². The van der Waals surface area contributed by atoms with Gasteiger partial charge in [0.25, 0.3) is 0 Å². The Morgan fingerprint density at radius 1 is 0.931 bits per heavy atom. The fourth-order valence-corrected chi connectivity index (χ4v) is 3.19. The molecular weight excluding hydrogens is 431 g/mol. The number of hydrogen-bond acceptors (Lipinski definition) is 2. The number of aromatic nitrogens is 2. The van der Waals surface area contributed by atoms with Gasteiger partial charge in [-0.1, -0.05) is 46.3 Å². The van der Waals surface area contributed by atoms with Crippen LogP contribution in [0.5, 0.6) is 0 Å². The predicted octanol–water partition coefficient (Wildman–Crippen LogP) is 6.34. The molecule has 1 heterocycles. The highest BCUT2D eigenvalue weighted by Gasteiger charge is 2.11. The average molecular weight is 447 g/mol. The maximum Gasteiger partial charge on any atom is 0.185 e. The van der Waals surface area contributed by atoms with Crippen LogP contribution < -0.4 is 0 Å². The number of halogens is 2. The lowest BCUT2D eigenvalue weighted by Gasteiger charge is -2.01. The Labute approximate surface area is 176 Å². The topological polar surface area (TPSA) is 34.9 Å². The van der Waals surface area contributed by atoms with E-state index < -0.39 is 0 Å². The fraction of sp³-hybridized carbons (Fsp3) is 0. The quantitative estimate of drug-likeness (QED) is 0.265. The molecule has 3 nitrogen and oxygen atoms in total. The van der Waals surface area contributed by atoms with Gasteiger partial charge in [0, 0.05) is 27.4 Å². The molecule has 0 N–H and O–H groups in total. The fourth-order valence-electron chi connectivity index (χ4n) is 2.93. The third kappa shape index (κ3) is 4.41. The number of carbonyl (C=O) groups is 1. The summed E-state index contributed by atoms with van der Waals surface area (Å²) >= 11 is 3.45. The summed E-state index contributed by atoms with van der Waals surface area (Å²) < 4.78 is 15.9. The highest BCUT2D eigenvalue weighted by atomic mass is 79.9. The lowest BCUT2D eigenvalue weighted by Crippen LogP contribution is -1.93. The van der Waals surface area contributed by atoms with E-state index in [4.69, 9.17) is 5.10 Å². The van der Waals surface area contributed by atoms with E-state index in [1.807, 2.05) is 60.8 Å². The lowest BCUT2D eigenvalue weighted by atomic mass is 10.1. The molecule has 0 radical (unpaired) electrons. The molecule has 0 saturated heterocycles. The molecule has 3 aromatic carbocycles. The normalized spacial score (nSPS) is 11.1. The summed E-state index contributed by atoms with van der Waals surface area (Å²) in [6, 6.07) is 23.1. The number of benzene rings is 3. The first-order chi connectivity index (χ1) is 14.1. The van der Waals surface area contributed by atoms with Crippen molar-refractivity contribution in [1.29, 1.82) is 0 Å². The number of hydrogen-bond donors (Lipinski definition) is 0. The smallest absolute Gasteiger partial charge is 0.185 e. The van der Waals surface area contributed by atoms with Gasteiger partial charge in [-0.3, -0.25) is 4.79 Å². The van der Waals surface area contributed by atoms with Crippen molar-refractivity contribution in [3.05, 3.63) is 113 Å². The molecule has 0 saturated carbocycles. The van der Waals surface area contributed by atoms with Crippen molar-refractivity contribution >= 4 is 27.8 Å². The Morgan fingerprint density at radius 2 is 1.62 bits per heavy atom. The summed E-state index contributed by atoms with van der Waals surface area (Å²) in [5, 5.41) is 4.73. The first-order valence-corrected chi connectivity index (χ1v) is 9.78. The minimum Gasteiger partial charge on any atom is -0.289 e. The highest BCUT2D eigenvalue weighted by Crippen LogP contribution is 2.26. The lowest BCUT2D eigenvalue weighted by molar-refractivity contribution is 0.104. The van der Waals surface area contributed by atoms with Gasteiger partial charge in [0.15, 0.2) is 5.78 Å². The second-order valence-electron chi connectivity index (χ2n) is 6.42. The summed E-state index contributed by atoms with van der Waals surface area (Å²) in [7, 11) is 0. The van der Waals surface area contributed by atoms with Gasteiger partial charge in [0.2, 0.25) is 0 Å². The van der Waals surface area contributed by atoms with Gasteiger partial charge < -0.3 is 0 Å². The van der Waals surface area contributed by atoms with Crippen molar-refractivity contribution < 1.29 is 9.18 Å². The number of ketones is 1. The van der Waals surface area contributed by atoms with Crippen LogP contribution >= 0.6 is 15.9 Å². The van der Waals surface area contributed by atoms with E-state index in [-0.39, 0.29) is 11.6 Å². The van der Waals surface area contributed by atoms with E-state index in [9.17, 15) is 9.18 Å². The van der Waals surface area contributed by atoms with Gasteiger partial charge in [0.05, 0.1) is 11.4 Å². The van der Waals surface area contributed by atoms with Crippen molar-refractivity contribution in [2.45, 2.75) is 0 Å². The van der Waals surface area contributed by atoms with Crippen LogP contribution in [0.4, 0.5) is 4.39 Å². The Kier molecular flexibility index (Phi) is 5.49. The Balaban J connectivity index is 1.72. The van der Waals surface area contributed by atoms with E-state index in [0.29, 0.717) is 5.56 Å². The van der Waals surface area contributed by atoms with E-state index in [0.717, 1.165) is 27.0 Å². The van der Waals surface area contributed by atoms with E-state index in [1.165, 1.54) is 30.3 Å². The largest absolute Gasteiger partial charge is 0.289 e. The van der Waals surface area contributed by atoms with Gasteiger partial charge in [-0.25, -0.2) is 9.07 Å². The summed E-state index contributed by atoms with van der Waals surface area (Å²) in [5.41, 5.74) is 3.88. The van der Waals surface area contributed by atoms with Crippen LogP contribution in [-0.4, -0.2) is 15.6 Å². The molecule has 4 aromatic rings. The third-order valence-corrected chi connectivity index (χ3v) is 4.95. The Bertz CT molecular complexity index is 1160. The van der Waals surface area contributed by atoms with Gasteiger partial charge in [-0.15, -0.1) is 0 Å². The van der Waals surface area contributed by atoms with Crippen LogP contribution in [0.25, 0.3) is 23.0 Å². The minimum atomic E-state index is -0.368. The minimum absolute atomic E-state index is 0.195. The molecule has 0 aliphatic carbocycles. The number of rotatable bonds is 5. The van der Waals surface area contributed by atoms with E-state index in [2.05, 4.69) is 15.9 Å². The molecule has 0 spiro atoms. The number of nitrogens with zero attached hydrogens (tertiary/aromatic N) is 2. The maximum absolute atomic E-state index is 13.1. The molecule has 0 aliphatic heterocycles. The molecule has 4 rings (SSSR count). The highest BCUT2D eigenvalue weighted by molar-refractivity contribution is 9.10. The Morgan fingerprint density at radius 3 is 2.31 bits per heavy atom. The first kappa shape index (κ1) is 19.0. The van der Waals surface area contributed by atoms with Gasteiger partial charge in [0.1, 0.15) is 5.82 Å². The Hall–Kier alpha value is -3.31. The van der Waals surface area contributed by atoms with Crippen LogP contribution in [-0.2, 0) is 0 Å². The zero-order valence-electron chi connectivity index (χ0n) is 15.3. The summed E-state index contributed by atoms with van der Waals surface area (Å²) in [6.07, 6.45) is 5.12. The number of carbonyl (C=O) groups excluding carboxylic acids is 1. The molecule has 142 valence electrons. The van der Waals surface area contributed by atoms with Crippen LogP contribution in [0.15, 0.2) is 95.6 Å². The zero-order chi connectivity index (χ0) is 20.2. The van der Waals surface area contributed by atoms with Crippen molar-refractivity contribution in [2.24, 2.45) is 0 Å². The molecule has 0 atom stereocenters. The molecular formula is C24H16BrFN2O. The molecule has 1 aromatic heterocycles. The number of allylic oxidation sites excluding steroid dienone is 1. The maximum atomic E-state index is 13.1. The summed E-state index contributed by atoms with van der Waals surface area (Å²) in [6.45, 7) is 0. The molecule has 5 heteroatoms. The average Bonchev–Trinajstić information content (AvgIpc) is 3.18. The molecule has 0 amide bonds. The van der Waals surface area contributed by atoms with Crippen LogP contribution in [0.3, 0.4) is 0 Å². The second kappa shape index (κ2) is 8.37. The van der Waals surface area contributed by atoms with E-state index >= 15 is 0 Å². The van der Waals surface area contributed by atoms with Gasteiger partial charge in [-0.2, -0.15) is 5.10 Å². The monoisotopic (exact) mass is 446 g/mol. The molecule has 0 unspecified atom stereocenters. The van der Waals surface area contributed by atoms with Crippen molar-refractivity contribution in [1.82, 2.24) is 9.78 Å². The molecule has 0 aliphatic rings. The summed E-state index contributed by atoms with van der Waals surface area (Å²) in [4.78, 5) is 12.5. The summed E-state index contributed by atoms with van der Waals surface area (Å²) in [5.74, 6) is -0.564. The van der Waals surface area contributed by atoms with Crippen molar-refractivity contribution in [3.63, 3.8) is 0 Å². The predicted molar refractivity (Wildman–Crippen MR) is 116 cm³/mol. The van der Waals surface area contributed by atoms with E-state index in [1.54, 1.807) is 10.8 Å². The van der Waals surface area contributed by atoms with Crippen LogP contribution in [0.2, 0.25) is 0 Å². The van der Waals surface area contributed by atoms with Gasteiger partial charge in [-0.05, 0) is 60.7 Å². The van der Waals surface area contributed by atoms with Crippen molar-refractivity contribution in [2.75, 3.05) is 0 Å². The first-order valence-electron chi connectivity index (χ1n) is 8.99. The third-order valence-electron chi connectivity index (χ3n) is 4.42. The molecule has 0 bridgehead atoms. The zero-order valence-corrected chi connectivity index (χ0v) is 16.9. The second-order valence-corrected chi connectivity index (χ2v) is 7.34. The number of para-hydroxylation sites is 1. The molecule has 29 heavy (non-hydrogen) atoms. The standard InChI is InChI=1S/C24H16BrFN2O/c25-20-11-6-18(7-12-20)24-19(16-28(27-24)22-4-2-1-3-5-22)10-15-23(29)17-8-13-21(26)14-9-17/h1-16H. The van der Waals surface area contributed by atoms with Crippen molar-refractivity contribution in [3.8, 4) is 16.9 Å². The van der Waals surface area contributed by atoms with Crippen LogP contribution in [0.1, 0.15) is 15.9 Å². The molecule has 0 fully saturated rings. The van der Waals surface area contributed by atoms with Crippen LogP contribution in [0, 0.1) is 5.82 Å². The SMILES string of the molecule is O=C(C=Cc1cn(-c2ccccc2)nc1-c1ccc(Br)cc1)c1ccc(F)cc1.